The minimum atomic E-state index is -0.472. The largest absolute Gasteiger partial charge is 0.496 e. The van der Waals surface area contributed by atoms with Crippen LogP contribution in [0, 0.1) is 12.3 Å². The van der Waals surface area contributed by atoms with Gasteiger partial charge < -0.3 is 10.5 Å². The minimum Gasteiger partial charge on any atom is -0.496 e. The van der Waals surface area contributed by atoms with Gasteiger partial charge in [0.2, 0.25) is 5.91 Å². The Bertz CT molecular complexity index is 380. The monoisotopic (exact) mass is 220 g/mol. The molecule has 0 aliphatic rings. The SMILES string of the molecule is [CH2]C(C)(C)[C@@H](C(N)=O)c1ccccc1OC. The minimum absolute atomic E-state index is 0.385. The lowest BCUT2D eigenvalue weighted by Gasteiger charge is -2.29. The Balaban J connectivity index is 3.27. The molecule has 0 unspecified atom stereocenters. The molecule has 0 fully saturated rings. The maximum atomic E-state index is 11.5. The van der Waals surface area contributed by atoms with Gasteiger partial charge in [0.25, 0.3) is 0 Å². The second-order valence-corrected chi connectivity index (χ2v) is 4.57. The van der Waals surface area contributed by atoms with Gasteiger partial charge in [-0.25, -0.2) is 0 Å². The Labute approximate surface area is 96.6 Å². The van der Waals surface area contributed by atoms with E-state index in [1.807, 2.05) is 38.1 Å². The van der Waals surface area contributed by atoms with Crippen LogP contribution in [0.25, 0.3) is 0 Å². The summed E-state index contributed by atoms with van der Waals surface area (Å²) in [5, 5.41) is 0. The lowest BCUT2D eigenvalue weighted by atomic mass is 9.76. The maximum Gasteiger partial charge on any atom is 0.225 e. The van der Waals surface area contributed by atoms with Crippen molar-refractivity contribution in [2.75, 3.05) is 7.11 Å². The van der Waals surface area contributed by atoms with Crippen LogP contribution in [0.15, 0.2) is 24.3 Å². The molecule has 0 heterocycles. The van der Waals surface area contributed by atoms with Crippen LogP contribution in [0.3, 0.4) is 0 Å². The molecule has 0 aromatic heterocycles. The van der Waals surface area contributed by atoms with Crippen LogP contribution < -0.4 is 10.5 Å². The molecule has 0 aliphatic heterocycles. The summed E-state index contributed by atoms with van der Waals surface area (Å²) < 4.78 is 5.24. The van der Waals surface area contributed by atoms with Crippen LogP contribution in [0.5, 0.6) is 5.75 Å². The van der Waals surface area contributed by atoms with E-state index >= 15 is 0 Å². The highest BCUT2D eigenvalue weighted by Gasteiger charge is 2.33. The highest BCUT2D eigenvalue weighted by Crippen LogP contribution is 2.38. The molecule has 1 atom stereocenters. The van der Waals surface area contributed by atoms with Crippen molar-refractivity contribution in [2.45, 2.75) is 19.8 Å². The van der Waals surface area contributed by atoms with Crippen LogP contribution in [0.1, 0.15) is 25.3 Å². The number of methoxy groups -OCH3 is 1. The Hall–Kier alpha value is -1.51. The molecule has 1 radical (unpaired) electrons. The number of carbonyl (C=O) groups excluding carboxylic acids is 1. The van der Waals surface area contributed by atoms with Gasteiger partial charge in [-0.2, -0.15) is 0 Å². The van der Waals surface area contributed by atoms with E-state index in [4.69, 9.17) is 10.5 Å². The molecule has 3 heteroatoms. The number of carbonyl (C=O) groups is 1. The van der Waals surface area contributed by atoms with E-state index in [2.05, 4.69) is 6.92 Å². The molecular formula is C13H18NO2. The normalized spacial score (nSPS) is 13.2. The van der Waals surface area contributed by atoms with E-state index in [1.54, 1.807) is 7.11 Å². The molecule has 0 bridgehead atoms. The van der Waals surface area contributed by atoms with Gasteiger partial charge >= 0.3 is 0 Å². The highest BCUT2D eigenvalue weighted by molar-refractivity contribution is 5.83. The van der Waals surface area contributed by atoms with Crippen molar-refractivity contribution in [3.8, 4) is 5.75 Å². The molecule has 1 rings (SSSR count). The van der Waals surface area contributed by atoms with E-state index < -0.39 is 11.3 Å². The summed E-state index contributed by atoms with van der Waals surface area (Å²) in [5.74, 6) is -0.170. The zero-order valence-electron chi connectivity index (χ0n) is 9.99. The number of nitrogens with two attached hydrogens (primary N) is 1. The van der Waals surface area contributed by atoms with Gasteiger partial charge in [0.1, 0.15) is 5.75 Å². The van der Waals surface area contributed by atoms with Gasteiger partial charge in [0.15, 0.2) is 0 Å². The molecule has 1 amide bonds. The molecule has 0 saturated carbocycles. The zero-order chi connectivity index (χ0) is 12.3. The molecule has 1 aromatic rings. The van der Waals surface area contributed by atoms with E-state index in [0.29, 0.717) is 5.75 Å². The summed E-state index contributed by atoms with van der Waals surface area (Å²) in [6, 6.07) is 7.38. The second kappa shape index (κ2) is 4.56. The summed E-state index contributed by atoms with van der Waals surface area (Å²) in [6.45, 7) is 7.75. The summed E-state index contributed by atoms with van der Waals surface area (Å²) in [5.41, 5.74) is 5.76. The first kappa shape index (κ1) is 12.6. The summed E-state index contributed by atoms with van der Waals surface area (Å²) in [7, 11) is 1.58. The molecule has 0 spiro atoms. The van der Waals surface area contributed by atoms with Crippen LogP contribution in [0.4, 0.5) is 0 Å². The van der Waals surface area contributed by atoms with Crippen LogP contribution in [-0.4, -0.2) is 13.0 Å². The molecule has 1 aromatic carbocycles. The first-order valence-electron chi connectivity index (χ1n) is 5.15. The van der Waals surface area contributed by atoms with Gasteiger partial charge in [0, 0.05) is 5.56 Å². The van der Waals surface area contributed by atoms with Gasteiger partial charge in [0.05, 0.1) is 13.0 Å². The fourth-order valence-electron chi connectivity index (χ4n) is 1.86. The first-order chi connectivity index (χ1) is 7.38. The number of benzene rings is 1. The van der Waals surface area contributed by atoms with Crippen LogP contribution in [0.2, 0.25) is 0 Å². The Kier molecular flexibility index (Phi) is 3.58. The molecular weight excluding hydrogens is 202 g/mol. The van der Waals surface area contributed by atoms with Gasteiger partial charge in [-0.1, -0.05) is 32.0 Å². The van der Waals surface area contributed by atoms with E-state index in [1.165, 1.54) is 0 Å². The Morgan fingerprint density at radius 2 is 2.00 bits per heavy atom. The Morgan fingerprint density at radius 1 is 1.44 bits per heavy atom. The lowest BCUT2D eigenvalue weighted by Crippen LogP contribution is -2.32. The van der Waals surface area contributed by atoms with Crippen LogP contribution >= 0.6 is 0 Å². The van der Waals surface area contributed by atoms with Crippen molar-refractivity contribution in [2.24, 2.45) is 11.1 Å². The van der Waals surface area contributed by atoms with Gasteiger partial charge in [-0.3, -0.25) is 4.79 Å². The Morgan fingerprint density at radius 3 is 2.44 bits per heavy atom. The van der Waals surface area contributed by atoms with Crippen molar-refractivity contribution in [1.29, 1.82) is 0 Å². The number of rotatable bonds is 4. The van der Waals surface area contributed by atoms with Crippen molar-refractivity contribution in [3.63, 3.8) is 0 Å². The van der Waals surface area contributed by atoms with Gasteiger partial charge in [-0.05, 0) is 18.4 Å². The third-order valence-electron chi connectivity index (χ3n) is 2.52. The fraction of sp³-hybridized carbons (Fsp3) is 0.385. The maximum absolute atomic E-state index is 11.5. The summed E-state index contributed by atoms with van der Waals surface area (Å²) in [6.07, 6.45) is 0. The number of ether oxygens (including phenoxy) is 1. The second-order valence-electron chi connectivity index (χ2n) is 4.57. The quantitative estimate of drug-likeness (QED) is 0.845. The van der Waals surface area contributed by atoms with Crippen molar-refractivity contribution in [3.05, 3.63) is 36.8 Å². The number of primary amides is 1. The predicted molar refractivity (Wildman–Crippen MR) is 64.1 cm³/mol. The third kappa shape index (κ3) is 2.54. The fourth-order valence-corrected chi connectivity index (χ4v) is 1.86. The van der Waals surface area contributed by atoms with Gasteiger partial charge in [-0.15, -0.1) is 0 Å². The molecule has 0 aliphatic carbocycles. The summed E-state index contributed by atoms with van der Waals surface area (Å²) in [4.78, 5) is 11.5. The van der Waals surface area contributed by atoms with Crippen molar-refractivity contribution >= 4 is 5.91 Å². The highest BCUT2D eigenvalue weighted by atomic mass is 16.5. The van der Waals surface area contributed by atoms with E-state index in [0.717, 1.165) is 5.56 Å². The van der Waals surface area contributed by atoms with Crippen molar-refractivity contribution in [1.82, 2.24) is 0 Å². The molecule has 0 saturated heterocycles. The number of para-hydroxylation sites is 1. The number of hydrogen-bond donors (Lipinski definition) is 1. The molecule has 3 nitrogen and oxygen atoms in total. The number of amides is 1. The van der Waals surface area contributed by atoms with Crippen molar-refractivity contribution < 1.29 is 9.53 Å². The zero-order valence-corrected chi connectivity index (χ0v) is 9.99. The summed E-state index contributed by atoms with van der Waals surface area (Å²) >= 11 is 0. The molecule has 87 valence electrons. The molecule has 2 N–H and O–H groups in total. The predicted octanol–water partition coefficient (Wildman–Crippen LogP) is 2.12. The van der Waals surface area contributed by atoms with E-state index in [9.17, 15) is 4.79 Å². The average molecular weight is 220 g/mol. The smallest absolute Gasteiger partial charge is 0.225 e. The topological polar surface area (TPSA) is 52.3 Å². The lowest BCUT2D eigenvalue weighted by molar-refractivity contribution is -0.121. The van der Waals surface area contributed by atoms with E-state index in [-0.39, 0.29) is 5.91 Å². The van der Waals surface area contributed by atoms with Crippen LogP contribution in [-0.2, 0) is 4.79 Å². The standard InChI is InChI=1S/C13H18NO2/c1-13(2,3)11(12(14)15)9-7-5-6-8-10(9)16-4/h5-8,11H,1H2,2-4H3,(H2,14,15)/t11-/m1/s1. The first-order valence-corrected chi connectivity index (χ1v) is 5.15. The molecule has 16 heavy (non-hydrogen) atoms. The average Bonchev–Trinajstić information content (AvgIpc) is 2.15. The number of hydrogen-bond acceptors (Lipinski definition) is 2. The third-order valence-corrected chi connectivity index (χ3v) is 2.52.